The van der Waals surface area contributed by atoms with Gasteiger partial charge in [0.1, 0.15) is 0 Å². The summed E-state index contributed by atoms with van der Waals surface area (Å²) in [4.78, 5) is 0. The summed E-state index contributed by atoms with van der Waals surface area (Å²) in [7, 11) is 0. The van der Waals surface area contributed by atoms with Crippen molar-refractivity contribution < 1.29 is 0 Å². The fourth-order valence-electron chi connectivity index (χ4n) is 1.88. The zero-order chi connectivity index (χ0) is 11.4. The van der Waals surface area contributed by atoms with Crippen LogP contribution in [-0.4, -0.2) is 0 Å². The Morgan fingerprint density at radius 2 is 1.62 bits per heavy atom. The van der Waals surface area contributed by atoms with E-state index in [2.05, 4.69) is 62.5 Å². The van der Waals surface area contributed by atoms with Crippen LogP contribution in [-0.2, 0) is 0 Å². The predicted octanol–water partition coefficient (Wildman–Crippen LogP) is 4.65. The lowest BCUT2D eigenvalue weighted by Gasteiger charge is -2.03. The molecular formula is C16H18. The van der Waals surface area contributed by atoms with Gasteiger partial charge in [-0.15, -0.1) is 0 Å². The van der Waals surface area contributed by atoms with Gasteiger partial charge in [0.2, 0.25) is 0 Å². The van der Waals surface area contributed by atoms with Crippen LogP contribution in [0.4, 0.5) is 0 Å². The van der Waals surface area contributed by atoms with Crippen molar-refractivity contribution in [1.29, 1.82) is 0 Å². The van der Waals surface area contributed by atoms with Crippen molar-refractivity contribution in [2.24, 2.45) is 0 Å². The zero-order valence-electron chi connectivity index (χ0n) is 10.0. The zero-order valence-corrected chi connectivity index (χ0v) is 10.0. The first-order chi connectivity index (χ1) is 7.75. The van der Waals surface area contributed by atoms with E-state index in [0.717, 1.165) is 12.8 Å². The minimum atomic E-state index is 1.02. The molecule has 0 unspecified atom stereocenters. The van der Waals surface area contributed by atoms with Crippen LogP contribution in [0.3, 0.4) is 0 Å². The first-order valence-electron chi connectivity index (χ1n) is 5.84. The van der Waals surface area contributed by atoms with Gasteiger partial charge in [0.15, 0.2) is 0 Å². The number of rotatable bonds is 1. The van der Waals surface area contributed by atoms with Gasteiger partial charge in [-0.3, -0.25) is 0 Å². The molecule has 0 fully saturated rings. The third kappa shape index (κ3) is 2.73. The van der Waals surface area contributed by atoms with Gasteiger partial charge in [0.05, 0.1) is 0 Å². The molecule has 0 saturated heterocycles. The Hall–Kier alpha value is -1.56. The highest BCUT2D eigenvalue weighted by Gasteiger charge is 2.03. The van der Waals surface area contributed by atoms with E-state index in [1.807, 2.05) is 0 Å². The Balaban J connectivity index is 2.29. The molecule has 0 heterocycles. The fourth-order valence-corrected chi connectivity index (χ4v) is 1.88. The molecule has 0 radical (unpaired) electrons. The molecule has 0 nitrogen and oxygen atoms in total. The standard InChI is InChI=1S/C16H18/c1-13-5-3-7-15(11-9-13)16-8-4-6-14(2)10-12-16/h3-5,8-12H,6-7H2,1-2H3. The van der Waals surface area contributed by atoms with Gasteiger partial charge in [-0.2, -0.15) is 0 Å². The molecule has 0 aromatic rings. The van der Waals surface area contributed by atoms with E-state index in [-0.39, 0.29) is 0 Å². The van der Waals surface area contributed by atoms with E-state index < -0.39 is 0 Å². The molecule has 0 bridgehead atoms. The first kappa shape index (κ1) is 10.9. The molecule has 0 N–H and O–H groups in total. The van der Waals surface area contributed by atoms with E-state index >= 15 is 0 Å². The quantitative estimate of drug-likeness (QED) is 0.591. The highest BCUT2D eigenvalue weighted by Crippen LogP contribution is 2.22. The first-order valence-corrected chi connectivity index (χ1v) is 5.84. The second kappa shape index (κ2) is 4.98. The topological polar surface area (TPSA) is 0 Å². The molecule has 0 atom stereocenters. The fraction of sp³-hybridized carbons (Fsp3) is 0.250. The minimum absolute atomic E-state index is 1.02. The van der Waals surface area contributed by atoms with Gasteiger partial charge in [0.25, 0.3) is 0 Å². The maximum absolute atomic E-state index is 2.25. The summed E-state index contributed by atoms with van der Waals surface area (Å²) in [5, 5.41) is 0. The number of allylic oxidation sites excluding steroid dienone is 12. The molecule has 0 aliphatic heterocycles. The molecule has 82 valence electrons. The summed E-state index contributed by atoms with van der Waals surface area (Å²) in [5.74, 6) is 0. The van der Waals surface area contributed by atoms with E-state index in [0.29, 0.717) is 0 Å². The lowest BCUT2D eigenvalue weighted by molar-refractivity contribution is 1.22. The van der Waals surface area contributed by atoms with E-state index in [9.17, 15) is 0 Å². The summed E-state index contributed by atoms with van der Waals surface area (Å²) >= 11 is 0. The normalized spacial score (nSPS) is 20.4. The van der Waals surface area contributed by atoms with Gasteiger partial charge >= 0.3 is 0 Å². The Morgan fingerprint density at radius 1 is 0.812 bits per heavy atom. The monoisotopic (exact) mass is 210 g/mol. The summed E-state index contributed by atoms with van der Waals surface area (Å²) < 4.78 is 0. The highest BCUT2D eigenvalue weighted by molar-refractivity contribution is 5.48. The smallest absolute Gasteiger partial charge is 0.00883 e. The summed E-state index contributed by atoms with van der Waals surface area (Å²) in [6.45, 7) is 4.31. The Morgan fingerprint density at radius 3 is 2.50 bits per heavy atom. The second-order valence-electron chi connectivity index (χ2n) is 4.45. The Bertz CT molecular complexity index is 448. The van der Waals surface area contributed by atoms with Crippen LogP contribution >= 0.6 is 0 Å². The summed E-state index contributed by atoms with van der Waals surface area (Å²) in [6.07, 6.45) is 19.9. The van der Waals surface area contributed by atoms with Crippen LogP contribution in [0, 0.1) is 0 Å². The lowest BCUT2D eigenvalue weighted by atomic mass is 10.0. The van der Waals surface area contributed by atoms with E-state index in [4.69, 9.17) is 0 Å². The summed E-state index contributed by atoms with van der Waals surface area (Å²) in [6, 6.07) is 0. The third-order valence-corrected chi connectivity index (χ3v) is 2.92. The number of hydrogen-bond acceptors (Lipinski definition) is 0. The molecule has 0 saturated carbocycles. The van der Waals surface area contributed by atoms with Gasteiger partial charge in [-0.05, 0) is 37.8 Å². The van der Waals surface area contributed by atoms with Crippen molar-refractivity contribution >= 4 is 0 Å². The van der Waals surface area contributed by atoms with Crippen molar-refractivity contribution in [2.75, 3.05) is 0 Å². The van der Waals surface area contributed by atoms with Gasteiger partial charge in [-0.25, -0.2) is 0 Å². The highest BCUT2D eigenvalue weighted by atomic mass is 14.1. The molecule has 0 heteroatoms. The molecule has 2 aliphatic carbocycles. The largest absolute Gasteiger partial charge is 0.0799 e. The molecule has 2 rings (SSSR count). The average Bonchev–Trinajstić information content (AvgIpc) is 2.59. The summed E-state index contributed by atoms with van der Waals surface area (Å²) in [5.41, 5.74) is 5.48. The van der Waals surface area contributed by atoms with Crippen molar-refractivity contribution in [3.63, 3.8) is 0 Å². The SMILES string of the molecule is CC1=CC=C(C2=CC=C(C)CC=C2)CC=C1. The van der Waals surface area contributed by atoms with Crippen molar-refractivity contribution in [3.8, 4) is 0 Å². The van der Waals surface area contributed by atoms with Crippen molar-refractivity contribution in [2.45, 2.75) is 26.7 Å². The Labute approximate surface area is 98.1 Å². The van der Waals surface area contributed by atoms with Crippen LogP contribution in [0.1, 0.15) is 26.7 Å². The number of hydrogen-bond donors (Lipinski definition) is 0. The molecule has 0 amide bonds. The molecule has 2 aliphatic rings. The van der Waals surface area contributed by atoms with Gasteiger partial charge in [0, 0.05) is 0 Å². The van der Waals surface area contributed by atoms with E-state index in [1.54, 1.807) is 0 Å². The average molecular weight is 210 g/mol. The van der Waals surface area contributed by atoms with Crippen LogP contribution in [0.5, 0.6) is 0 Å². The lowest BCUT2D eigenvalue weighted by Crippen LogP contribution is -1.84. The molecular weight excluding hydrogens is 192 g/mol. The van der Waals surface area contributed by atoms with Crippen LogP contribution in [0.2, 0.25) is 0 Å². The molecule has 0 aromatic carbocycles. The molecule has 0 spiro atoms. The minimum Gasteiger partial charge on any atom is -0.0799 e. The van der Waals surface area contributed by atoms with E-state index in [1.165, 1.54) is 22.3 Å². The maximum atomic E-state index is 2.25. The third-order valence-electron chi connectivity index (χ3n) is 2.92. The predicted molar refractivity (Wildman–Crippen MR) is 71.2 cm³/mol. The van der Waals surface area contributed by atoms with Crippen molar-refractivity contribution in [3.05, 3.63) is 70.9 Å². The molecule has 0 aromatic heterocycles. The van der Waals surface area contributed by atoms with Crippen LogP contribution in [0.25, 0.3) is 0 Å². The van der Waals surface area contributed by atoms with Crippen LogP contribution in [0.15, 0.2) is 70.9 Å². The van der Waals surface area contributed by atoms with Crippen LogP contribution < -0.4 is 0 Å². The molecule has 16 heavy (non-hydrogen) atoms. The second-order valence-corrected chi connectivity index (χ2v) is 4.45. The Kier molecular flexibility index (Phi) is 3.40. The van der Waals surface area contributed by atoms with Crippen molar-refractivity contribution in [1.82, 2.24) is 0 Å². The van der Waals surface area contributed by atoms with Gasteiger partial charge in [-0.1, -0.05) is 59.8 Å². The van der Waals surface area contributed by atoms with Gasteiger partial charge < -0.3 is 0 Å². The maximum Gasteiger partial charge on any atom is -0.00883 e.